The van der Waals surface area contributed by atoms with Crippen molar-refractivity contribution in [2.24, 2.45) is 0 Å². The first-order valence-corrected chi connectivity index (χ1v) is 6.06. The minimum atomic E-state index is 0.248. The van der Waals surface area contributed by atoms with E-state index in [1.807, 2.05) is 0 Å². The van der Waals surface area contributed by atoms with Crippen LogP contribution in [0.2, 0.25) is 10.3 Å². The van der Waals surface area contributed by atoms with E-state index in [9.17, 15) is 0 Å². The van der Waals surface area contributed by atoms with Crippen molar-refractivity contribution in [1.82, 2.24) is 9.97 Å². The maximum absolute atomic E-state index is 5.84. The fourth-order valence-corrected chi connectivity index (χ4v) is 1.81. The van der Waals surface area contributed by atoms with Crippen LogP contribution < -0.4 is 0 Å². The number of hydrogen-bond donors (Lipinski definition) is 0. The van der Waals surface area contributed by atoms with E-state index in [1.165, 1.54) is 0 Å². The molecule has 3 nitrogen and oxygen atoms in total. The Morgan fingerprint density at radius 1 is 1.07 bits per heavy atom. The Balaban J connectivity index is 2.55. The van der Waals surface area contributed by atoms with Crippen molar-refractivity contribution < 1.29 is 4.42 Å². The first-order chi connectivity index (χ1) is 7.08. The Kier molecular flexibility index (Phi) is 3.35. The second-order valence-electron chi connectivity index (χ2n) is 2.55. The Bertz CT molecular complexity index is 492. The summed E-state index contributed by atoms with van der Waals surface area (Å²) >= 11 is 18.0. The highest BCUT2D eigenvalue weighted by molar-refractivity contribution is 9.10. The van der Waals surface area contributed by atoms with Crippen molar-refractivity contribution in [3.8, 4) is 11.6 Å². The van der Waals surface area contributed by atoms with Crippen LogP contribution in [0.25, 0.3) is 11.6 Å². The molecule has 0 aliphatic rings. The molecule has 0 spiro atoms. The van der Waals surface area contributed by atoms with Crippen molar-refractivity contribution in [3.63, 3.8) is 0 Å². The largest absolute Gasteiger partial charge is 0.446 e. The highest BCUT2D eigenvalue weighted by Gasteiger charge is 2.12. The van der Waals surface area contributed by atoms with Gasteiger partial charge in [0.15, 0.2) is 16.3 Å². The summed E-state index contributed by atoms with van der Waals surface area (Å²) in [5.41, 5.74) is 0. The third-order valence-corrected chi connectivity index (χ3v) is 3.74. The molecule has 2 aromatic heterocycles. The minimum Gasteiger partial charge on any atom is -0.446 e. The summed E-state index contributed by atoms with van der Waals surface area (Å²) in [5, 5.41) is 0.495. The molecule has 0 aromatic carbocycles. The minimum absolute atomic E-state index is 0.248. The van der Waals surface area contributed by atoms with Crippen LogP contribution in [0.5, 0.6) is 0 Å². The van der Waals surface area contributed by atoms with Crippen molar-refractivity contribution in [2.75, 3.05) is 0 Å². The maximum atomic E-state index is 5.84. The average molecular weight is 373 g/mol. The number of hydrogen-bond acceptors (Lipinski definition) is 3. The van der Waals surface area contributed by atoms with Gasteiger partial charge < -0.3 is 4.42 Å². The fourth-order valence-electron chi connectivity index (χ4n) is 0.939. The zero-order chi connectivity index (χ0) is 11.0. The molecular formula is C8H2Br2Cl2N2O. The van der Waals surface area contributed by atoms with Crippen LogP contribution in [0.1, 0.15) is 0 Å². The summed E-state index contributed by atoms with van der Waals surface area (Å²) in [7, 11) is 0. The molecule has 15 heavy (non-hydrogen) atoms. The lowest BCUT2D eigenvalue weighted by atomic mass is 10.4. The van der Waals surface area contributed by atoms with Gasteiger partial charge in [0.25, 0.3) is 0 Å². The highest BCUT2D eigenvalue weighted by atomic mass is 79.9. The highest BCUT2D eigenvalue weighted by Crippen LogP contribution is 2.30. The quantitative estimate of drug-likeness (QED) is 0.688. The molecule has 2 aromatic rings. The maximum Gasteiger partial charge on any atom is 0.198 e. The smallest absolute Gasteiger partial charge is 0.198 e. The van der Waals surface area contributed by atoms with Crippen molar-refractivity contribution >= 4 is 55.1 Å². The second-order valence-corrected chi connectivity index (χ2v) is 4.84. The molecule has 0 fully saturated rings. The number of nitrogens with zero attached hydrogens (tertiary/aromatic N) is 2. The van der Waals surface area contributed by atoms with E-state index >= 15 is 0 Å². The number of rotatable bonds is 1. The van der Waals surface area contributed by atoms with Crippen LogP contribution in [0.4, 0.5) is 0 Å². The van der Waals surface area contributed by atoms with Gasteiger partial charge in [0, 0.05) is 0 Å². The van der Waals surface area contributed by atoms with E-state index in [0.29, 0.717) is 20.7 Å². The molecule has 2 heterocycles. The third kappa shape index (κ3) is 2.36. The van der Waals surface area contributed by atoms with E-state index in [-0.39, 0.29) is 10.3 Å². The van der Waals surface area contributed by atoms with E-state index in [0.717, 1.165) is 0 Å². The van der Waals surface area contributed by atoms with E-state index in [4.69, 9.17) is 27.6 Å². The van der Waals surface area contributed by atoms with Crippen molar-refractivity contribution in [3.05, 3.63) is 31.6 Å². The SMILES string of the molecule is Clc1nc(-c2ccc(Br)o2)nc(Cl)c1Br. The van der Waals surface area contributed by atoms with Crippen LogP contribution >= 0.6 is 55.1 Å². The first kappa shape index (κ1) is 11.4. The predicted molar refractivity (Wildman–Crippen MR) is 65.2 cm³/mol. The van der Waals surface area contributed by atoms with Crippen LogP contribution in [0.3, 0.4) is 0 Å². The molecule has 0 atom stereocenters. The standard InChI is InChI=1S/C8H2Br2Cl2N2O/c9-4-2-1-3(15-4)8-13-6(11)5(10)7(12)14-8/h1-2H. The first-order valence-electron chi connectivity index (χ1n) is 3.72. The molecule has 0 aliphatic carbocycles. The summed E-state index contributed by atoms with van der Waals surface area (Å²) in [6, 6.07) is 3.46. The van der Waals surface area contributed by atoms with Gasteiger partial charge >= 0.3 is 0 Å². The van der Waals surface area contributed by atoms with Gasteiger partial charge in [-0.1, -0.05) is 23.2 Å². The molecule has 0 amide bonds. The summed E-state index contributed by atoms with van der Waals surface area (Å²) in [5.74, 6) is 0.845. The zero-order valence-corrected chi connectivity index (χ0v) is 11.7. The fraction of sp³-hybridized carbons (Fsp3) is 0. The van der Waals surface area contributed by atoms with Gasteiger partial charge in [0.05, 0.1) is 4.47 Å². The second kappa shape index (κ2) is 4.41. The Hall–Kier alpha value is -0.100. The Labute approximate surface area is 112 Å². The zero-order valence-electron chi connectivity index (χ0n) is 6.97. The molecule has 0 saturated heterocycles. The molecular weight excluding hydrogens is 371 g/mol. The van der Waals surface area contributed by atoms with Crippen LogP contribution in [0, 0.1) is 0 Å². The molecule has 78 valence electrons. The van der Waals surface area contributed by atoms with Gasteiger partial charge in [-0.25, -0.2) is 9.97 Å². The molecule has 0 radical (unpaired) electrons. The lowest BCUT2D eigenvalue weighted by molar-refractivity contribution is 0.551. The van der Waals surface area contributed by atoms with Gasteiger partial charge in [-0.3, -0.25) is 0 Å². The molecule has 0 N–H and O–H groups in total. The van der Waals surface area contributed by atoms with Gasteiger partial charge in [-0.15, -0.1) is 0 Å². The van der Waals surface area contributed by atoms with E-state index in [2.05, 4.69) is 41.8 Å². The molecule has 0 saturated carbocycles. The number of aromatic nitrogens is 2. The van der Waals surface area contributed by atoms with E-state index in [1.54, 1.807) is 12.1 Å². The van der Waals surface area contributed by atoms with E-state index < -0.39 is 0 Å². The molecule has 0 bridgehead atoms. The summed E-state index contributed by atoms with van der Waals surface area (Å²) < 4.78 is 6.34. The summed E-state index contributed by atoms with van der Waals surface area (Å²) in [6.45, 7) is 0. The summed E-state index contributed by atoms with van der Waals surface area (Å²) in [4.78, 5) is 8.05. The van der Waals surface area contributed by atoms with Crippen LogP contribution in [-0.4, -0.2) is 9.97 Å². The van der Waals surface area contributed by atoms with Gasteiger partial charge in [-0.2, -0.15) is 0 Å². The topological polar surface area (TPSA) is 38.9 Å². The monoisotopic (exact) mass is 370 g/mol. The molecule has 0 aliphatic heterocycles. The number of halogens is 4. The van der Waals surface area contributed by atoms with Gasteiger partial charge in [0.2, 0.25) is 0 Å². The number of furan rings is 1. The lowest BCUT2D eigenvalue weighted by Gasteiger charge is -2.00. The Morgan fingerprint density at radius 2 is 1.67 bits per heavy atom. The van der Waals surface area contributed by atoms with Gasteiger partial charge in [0.1, 0.15) is 10.3 Å². The average Bonchev–Trinajstić information content (AvgIpc) is 2.60. The Morgan fingerprint density at radius 3 is 2.13 bits per heavy atom. The van der Waals surface area contributed by atoms with Crippen molar-refractivity contribution in [2.45, 2.75) is 0 Å². The van der Waals surface area contributed by atoms with Crippen LogP contribution in [-0.2, 0) is 0 Å². The third-order valence-electron chi connectivity index (χ3n) is 1.56. The van der Waals surface area contributed by atoms with Gasteiger partial charge in [-0.05, 0) is 44.0 Å². The lowest BCUT2D eigenvalue weighted by Crippen LogP contribution is -1.90. The predicted octanol–water partition coefficient (Wildman–Crippen LogP) is 4.57. The van der Waals surface area contributed by atoms with Crippen molar-refractivity contribution in [1.29, 1.82) is 0 Å². The van der Waals surface area contributed by atoms with Crippen LogP contribution in [0.15, 0.2) is 25.7 Å². The molecule has 2 rings (SSSR count). The summed E-state index contributed by atoms with van der Waals surface area (Å²) in [6.07, 6.45) is 0. The molecule has 0 unspecified atom stereocenters. The molecule has 7 heteroatoms. The normalized spacial score (nSPS) is 10.7.